The van der Waals surface area contributed by atoms with E-state index in [0.29, 0.717) is 5.41 Å². The molecule has 1 aliphatic rings. The van der Waals surface area contributed by atoms with E-state index in [1.54, 1.807) is 0 Å². The van der Waals surface area contributed by atoms with Crippen molar-refractivity contribution in [3.63, 3.8) is 0 Å². The average molecular weight is 215 g/mol. The maximum Gasteiger partial charge on any atom is 0.00874 e. The number of thioether (sulfide) groups is 1. The fourth-order valence-electron chi connectivity index (χ4n) is 2.54. The van der Waals surface area contributed by atoms with Gasteiger partial charge in [0.1, 0.15) is 0 Å². The van der Waals surface area contributed by atoms with Crippen molar-refractivity contribution in [2.75, 3.05) is 12.8 Å². The summed E-state index contributed by atoms with van der Waals surface area (Å²) in [6, 6.07) is 0. The van der Waals surface area contributed by atoms with Gasteiger partial charge in [-0.2, -0.15) is 11.8 Å². The summed E-state index contributed by atoms with van der Waals surface area (Å²) in [5.41, 5.74) is 6.29. The highest BCUT2D eigenvalue weighted by molar-refractivity contribution is 7.99. The van der Waals surface area contributed by atoms with E-state index in [9.17, 15) is 0 Å². The molecule has 2 N–H and O–H groups in total. The lowest BCUT2D eigenvalue weighted by atomic mass is 9.69. The van der Waals surface area contributed by atoms with Crippen molar-refractivity contribution in [1.82, 2.24) is 0 Å². The highest BCUT2D eigenvalue weighted by atomic mass is 32.2. The molecule has 1 saturated carbocycles. The van der Waals surface area contributed by atoms with Crippen LogP contribution in [0.4, 0.5) is 0 Å². The normalized spacial score (nSPS) is 34.5. The van der Waals surface area contributed by atoms with Gasteiger partial charge in [0.15, 0.2) is 0 Å². The van der Waals surface area contributed by atoms with Crippen LogP contribution in [0.3, 0.4) is 0 Å². The standard InChI is InChI=1S/C12H25NS/c1-12(2,3)10-6-5-9(8-13)11(7-10)14-4/h9-11H,5-8,13H2,1-4H3. The number of rotatable bonds is 2. The predicted molar refractivity (Wildman–Crippen MR) is 66.6 cm³/mol. The van der Waals surface area contributed by atoms with E-state index >= 15 is 0 Å². The van der Waals surface area contributed by atoms with Gasteiger partial charge < -0.3 is 5.73 Å². The van der Waals surface area contributed by atoms with E-state index in [4.69, 9.17) is 5.73 Å². The molecular formula is C12H25NS. The minimum atomic E-state index is 0.480. The van der Waals surface area contributed by atoms with Gasteiger partial charge in [0.25, 0.3) is 0 Å². The first kappa shape index (κ1) is 12.4. The monoisotopic (exact) mass is 215 g/mol. The molecule has 0 amide bonds. The Labute approximate surface area is 93.2 Å². The summed E-state index contributed by atoms with van der Waals surface area (Å²) in [6.07, 6.45) is 6.32. The Balaban J connectivity index is 2.57. The van der Waals surface area contributed by atoms with Crippen molar-refractivity contribution in [1.29, 1.82) is 0 Å². The molecule has 0 aromatic heterocycles. The molecule has 0 heterocycles. The second-order valence-electron chi connectivity index (χ2n) is 5.65. The fraction of sp³-hybridized carbons (Fsp3) is 1.00. The summed E-state index contributed by atoms with van der Waals surface area (Å²) in [5, 5.41) is 0.804. The van der Waals surface area contributed by atoms with Gasteiger partial charge in [-0.05, 0) is 49.3 Å². The fourth-order valence-corrected chi connectivity index (χ4v) is 3.59. The SMILES string of the molecule is CSC1CC(C(C)(C)C)CCC1CN. The molecule has 3 atom stereocenters. The molecule has 0 aromatic carbocycles. The topological polar surface area (TPSA) is 26.0 Å². The zero-order chi connectivity index (χ0) is 10.8. The van der Waals surface area contributed by atoms with E-state index in [-0.39, 0.29) is 0 Å². The lowest BCUT2D eigenvalue weighted by Gasteiger charge is -2.41. The molecule has 0 aromatic rings. The molecule has 0 radical (unpaired) electrons. The largest absolute Gasteiger partial charge is 0.330 e. The van der Waals surface area contributed by atoms with Crippen LogP contribution in [-0.2, 0) is 0 Å². The maximum absolute atomic E-state index is 5.81. The van der Waals surface area contributed by atoms with Crippen molar-refractivity contribution in [2.45, 2.75) is 45.3 Å². The smallest absolute Gasteiger partial charge is 0.00874 e. The van der Waals surface area contributed by atoms with E-state index < -0.39 is 0 Å². The molecule has 1 rings (SSSR count). The summed E-state index contributed by atoms with van der Waals surface area (Å²) in [7, 11) is 0. The van der Waals surface area contributed by atoms with Gasteiger partial charge in [-0.3, -0.25) is 0 Å². The molecule has 3 unspecified atom stereocenters. The first-order chi connectivity index (χ1) is 6.49. The van der Waals surface area contributed by atoms with Gasteiger partial charge >= 0.3 is 0 Å². The Morgan fingerprint density at radius 1 is 1.29 bits per heavy atom. The van der Waals surface area contributed by atoms with Crippen LogP contribution in [0.5, 0.6) is 0 Å². The van der Waals surface area contributed by atoms with Crippen LogP contribution < -0.4 is 5.73 Å². The van der Waals surface area contributed by atoms with E-state index in [1.165, 1.54) is 19.3 Å². The molecule has 1 aliphatic carbocycles. The van der Waals surface area contributed by atoms with Gasteiger partial charge in [-0.15, -0.1) is 0 Å². The molecule has 0 saturated heterocycles. The van der Waals surface area contributed by atoms with E-state index in [1.807, 2.05) is 11.8 Å². The van der Waals surface area contributed by atoms with Crippen molar-refractivity contribution >= 4 is 11.8 Å². The first-order valence-corrected chi connectivity index (χ1v) is 7.00. The van der Waals surface area contributed by atoms with Gasteiger partial charge in [0, 0.05) is 5.25 Å². The van der Waals surface area contributed by atoms with Gasteiger partial charge in [-0.1, -0.05) is 20.8 Å². The van der Waals surface area contributed by atoms with E-state index in [0.717, 1.165) is 23.6 Å². The summed E-state index contributed by atoms with van der Waals surface area (Å²) in [6.45, 7) is 8.00. The zero-order valence-electron chi connectivity index (χ0n) is 10.0. The Morgan fingerprint density at radius 3 is 2.36 bits per heavy atom. The molecular weight excluding hydrogens is 190 g/mol. The maximum atomic E-state index is 5.81. The summed E-state index contributed by atoms with van der Waals surface area (Å²) < 4.78 is 0. The Morgan fingerprint density at radius 2 is 1.93 bits per heavy atom. The Kier molecular flexibility index (Phi) is 4.32. The predicted octanol–water partition coefficient (Wildman–Crippen LogP) is 3.14. The lowest BCUT2D eigenvalue weighted by Crippen LogP contribution is -2.36. The highest BCUT2D eigenvalue weighted by Gasteiger charge is 2.34. The molecule has 0 bridgehead atoms. The molecule has 84 valence electrons. The number of hydrogen-bond acceptors (Lipinski definition) is 2. The quantitative estimate of drug-likeness (QED) is 0.766. The average Bonchev–Trinajstić information content (AvgIpc) is 2.15. The third-order valence-electron chi connectivity index (χ3n) is 3.76. The summed E-state index contributed by atoms with van der Waals surface area (Å²) in [5.74, 6) is 1.66. The van der Waals surface area contributed by atoms with Gasteiger partial charge in [0.05, 0.1) is 0 Å². The van der Waals surface area contributed by atoms with Crippen LogP contribution in [0.15, 0.2) is 0 Å². The molecule has 0 aliphatic heterocycles. The van der Waals surface area contributed by atoms with Crippen LogP contribution in [0, 0.1) is 17.3 Å². The Bertz CT molecular complexity index is 174. The summed E-state index contributed by atoms with van der Waals surface area (Å²) >= 11 is 2.02. The third kappa shape index (κ3) is 2.90. The van der Waals surface area contributed by atoms with Crippen molar-refractivity contribution in [3.8, 4) is 0 Å². The zero-order valence-corrected chi connectivity index (χ0v) is 10.9. The minimum Gasteiger partial charge on any atom is -0.330 e. The summed E-state index contributed by atoms with van der Waals surface area (Å²) in [4.78, 5) is 0. The van der Waals surface area contributed by atoms with Crippen molar-refractivity contribution in [3.05, 3.63) is 0 Å². The molecule has 0 spiro atoms. The van der Waals surface area contributed by atoms with Crippen LogP contribution in [-0.4, -0.2) is 18.1 Å². The highest BCUT2D eigenvalue weighted by Crippen LogP contribution is 2.43. The van der Waals surface area contributed by atoms with Crippen LogP contribution in [0.1, 0.15) is 40.0 Å². The number of hydrogen-bond donors (Lipinski definition) is 1. The van der Waals surface area contributed by atoms with Crippen molar-refractivity contribution < 1.29 is 0 Å². The van der Waals surface area contributed by atoms with Gasteiger partial charge in [0.2, 0.25) is 0 Å². The first-order valence-electron chi connectivity index (χ1n) is 5.72. The van der Waals surface area contributed by atoms with Crippen LogP contribution in [0.25, 0.3) is 0 Å². The van der Waals surface area contributed by atoms with Crippen LogP contribution >= 0.6 is 11.8 Å². The molecule has 2 heteroatoms. The van der Waals surface area contributed by atoms with Crippen molar-refractivity contribution in [2.24, 2.45) is 23.0 Å². The van der Waals surface area contributed by atoms with E-state index in [2.05, 4.69) is 27.0 Å². The van der Waals surface area contributed by atoms with Crippen LogP contribution in [0.2, 0.25) is 0 Å². The second-order valence-corrected chi connectivity index (χ2v) is 6.72. The third-order valence-corrected chi connectivity index (χ3v) is 4.94. The lowest BCUT2D eigenvalue weighted by molar-refractivity contribution is 0.157. The number of nitrogens with two attached hydrogens (primary N) is 1. The molecule has 1 nitrogen and oxygen atoms in total. The minimum absolute atomic E-state index is 0.480. The Hall–Kier alpha value is 0.310. The molecule has 1 fully saturated rings. The molecule has 14 heavy (non-hydrogen) atoms. The second kappa shape index (κ2) is 4.89. The van der Waals surface area contributed by atoms with Gasteiger partial charge in [-0.25, -0.2) is 0 Å².